The van der Waals surface area contributed by atoms with Crippen LogP contribution < -0.4 is 10.6 Å². The van der Waals surface area contributed by atoms with Crippen LogP contribution in [0, 0.1) is 13.8 Å². The highest BCUT2D eigenvalue weighted by Gasteiger charge is 2.22. The van der Waals surface area contributed by atoms with Crippen LogP contribution in [0.2, 0.25) is 0 Å². The Morgan fingerprint density at radius 2 is 1.88 bits per heavy atom. The molecule has 0 aliphatic rings. The minimum atomic E-state index is -0.398. The van der Waals surface area contributed by atoms with Crippen LogP contribution in [0.4, 0.5) is 5.00 Å². The number of anilines is 1. The van der Waals surface area contributed by atoms with Crippen LogP contribution in [-0.4, -0.2) is 25.0 Å². The molecule has 0 saturated carbocycles. The number of aryl methyl sites for hydroxylation is 1. The molecular formula is C19H24N2O3S. The summed E-state index contributed by atoms with van der Waals surface area (Å²) in [4.78, 5) is 25.4. The summed E-state index contributed by atoms with van der Waals surface area (Å²) in [6.45, 7) is 8.02. The van der Waals surface area contributed by atoms with E-state index < -0.39 is 5.97 Å². The molecule has 0 aliphatic carbocycles. The number of ether oxygens (including phenoxy) is 1. The van der Waals surface area contributed by atoms with E-state index in [0.717, 1.165) is 16.0 Å². The fourth-order valence-corrected chi connectivity index (χ4v) is 3.50. The summed E-state index contributed by atoms with van der Waals surface area (Å²) in [6, 6.07) is 9.98. The molecule has 0 aliphatic heterocycles. The van der Waals surface area contributed by atoms with Crippen molar-refractivity contribution in [3.05, 3.63) is 51.9 Å². The fraction of sp³-hybridized carbons (Fsp3) is 0.368. The van der Waals surface area contributed by atoms with Crippen LogP contribution in [0.5, 0.6) is 0 Å². The number of esters is 1. The summed E-state index contributed by atoms with van der Waals surface area (Å²) in [5, 5.41) is 6.57. The van der Waals surface area contributed by atoms with E-state index in [1.165, 1.54) is 11.3 Å². The monoisotopic (exact) mass is 360 g/mol. The lowest BCUT2D eigenvalue weighted by Gasteiger charge is -2.14. The maximum absolute atomic E-state index is 12.3. The van der Waals surface area contributed by atoms with E-state index in [1.807, 2.05) is 51.1 Å². The van der Waals surface area contributed by atoms with Crippen LogP contribution in [0.1, 0.15) is 46.3 Å². The first-order valence-corrected chi connectivity index (χ1v) is 9.11. The Kier molecular flexibility index (Phi) is 6.73. The number of benzene rings is 1. The van der Waals surface area contributed by atoms with Crippen molar-refractivity contribution in [2.75, 3.05) is 18.5 Å². The second-order valence-corrected chi connectivity index (χ2v) is 6.99. The topological polar surface area (TPSA) is 67.4 Å². The fourth-order valence-electron chi connectivity index (χ4n) is 2.44. The van der Waals surface area contributed by atoms with Crippen LogP contribution in [0.15, 0.2) is 30.3 Å². The van der Waals surface area contributed by atoms with Crippen molar-refractivity contribution in [3.8, 4) is 0 Å². The van der Waals surface area contributed by atoms with E-state index >= 15 is 0 Å². The molecule has 6 heteroatoms. The number of nitrogens with one attached hydrogen (secondary N) is 2. The van der Waals surface area contributed by atoms with Gasteiger partial charge in [-0.1, -0.05) is 30.3 Å². The third-order valence-corrected chi connectivity index (χ3v) is 5.11. The van der Waals surface area contributed by atoms with Crippen molar-refractivity contribution in [2.45, 2.75) is 33.7 Å². The van der Waals surface area contributed by atoms with Gasteiger partial charge in [-0.2, -0.15) is 0 Å². The van der Waals surface area contributed by atoms with Gasteiger partial charge in [0.2, 0.25) is 5.91 Å². The average Bonchev–Trinajstić information content (AvgIpc) is 2.87. The smallest absolute Gasteiger partial charge is 0.341 e. The van der Waals surface area contributed by atoms with Gasteiger partial charge in [-0.05, 0) is 38.8 Å². The van der Waals surface area contributed by atoms with Gasteiger partial charge in [0.1, 0.15) is 5.00 Å². The Labute approximate surface area is 152 Å². The van der Waals surface area contributed by atoms with Crippen molar-refractivity contribution in [2.24, 2.45) is 0 Å². The van der Waals surface area contributed by atoms with Gasteiger partial charge in [0.25, 0.3) is 0 Å². The number of amides is 1. The standard InChI is InChI=1S/C19H24N2O3S/c1-5-24-19(23)17-12(2)14(4)25-18(17)21-16(22)11-20-13(3)15-9-7-6-8-10-15/h6-10,13,20H,5,11H2,1-4H3,(H,21,22)/t13-/m0/s1. The Balaban J connectivity index is 2.01. The molecule has 0 radical (unpaired) electrons. The molecule has 5 nitrogen and oxygen atoms in total. The van der Waals surface area contributed by atoms with Gasteiger partial charge in [0, 0.05) is 10.9 Å². The maximum atomic E-state index is 12.3. The second kappa shape index (κ2) is 8.78. The number of rotatable bonds is 7. The highest BCUT2D eigenvalue weighted by molar-refractivity contribution is 7.16. The molecule has 2 rings (SSSR count). The average molecular weight is 360 g/mol. The highest BCUT2D eigenvalue weighted by atomic mass is 32.1. The van der Waals surface area contributed by atoms with Gasteiger partial charge < -0.3 is 15.4 Å². The molecule has 2 aromatic rings. The molecule has 2 N–H and O–H groups in total. The summed E-state index contributed by atoms with van der Waals surface area (Å²) < 4.78 is 5.10. The predicted octanol–water partition coefficient (Wildman–Crippen LogP) is 3.83. The molecule has 0 bridgehead atoms. The minimum absolute atomic E-state index is 0.0586. The van der Waals surface area contributed by atoms with Crippen LogP contribution in [0.3, 0.4) is 0 Å². The third kappa shape index (κ3) is 4.90. The van der Waals surface area contributed by atoms with Crippen molar-refractivity contribution in [1.29, 1.82) is 0 Å². The number of hydrogen-bond donors (Lipinski definition) is 2. The molecule has 0 fully saturated rings. The summed E-state index contributed by atoms with van der Waals surface area (Å²) in [5.41, 5.74) is 2.42. The van der Waals surface area contributed by atoms with Crippen LogP contribution in [0.25, 0.3) is 0 Å². The van der Waals surface area contributed by atoms with E-state index in [1.54, 1.807) is 6.92 Å². The first-order chi connectivity index (χ1) is 11.9. The van der Waals surface area contributed by atoms with Gasteiger partial charge in [0.15, 0.2) is 0 Å². The number of carbonyl (C=O) groups excluding carboxylic acids is 2. The zero-order valence-corrected chi connectivity index (χ0v) is 15.8. The zero-order chi connectivity index (χ0) is 18.4. The molecule has 1 aromatic heterocycles. The molecule has 1 atom stereocenters. The first kappa shape index (κ1) is 19.1. The Bertz CT molecular complexity index is 741. The molecule has 0 spiro atoms. The lowest BCUT2D eigenvalue weighted by molar-refractivity contribution is -0.115. The normalized spacial score (nSPS) is 11.8. The third-order valence-electron chi connectivity index (χ3n) is 3.99. The van der Waals surface area contributed by atoms with E-state index in [9.17, 15) is 9.59 Å². The summed E-state index contributed by atoms with van der Waals surface area (Å²) >= 11 is 1.39. The molecule has 1 amide bonds. The van der Waals surface area contributed by atoms with E-state index in [0.29, 0.717) is 17.2 Å². The molecular weight excluding hydrogens is 336 g/mol. The quantitative estimate of drug-likeness (QED) is 0.737. The van der Waals surface area contributed by atoms with E-state index in [4.69, 9.17) is 4.74 Å². The lowest BCUT2D eigenvalue weighted by atomic mass is 10.1. The Morgan fingerprint density at radius 3 is 2.52 bits per heavy atom. The maximum Gasteiger partial charge on any atom is 0.341 e. The number of hydrogen-bond acceptors (Lipinski definition) is 5. The highest BCUT2D eigenvalue weighted by Crippen LogP contribution is 2.33. The van der Waals surface area contributed by atoms with Crippen molar-refractivity contribution in [3.63, 3.8) is 0 Å². The number of carbonyl (C=O) groups is 2. The van der Waals surface area contributed by atoms with E-state index in [2.05, 4.69) is 10.6 Å². The molecule has 134 valence electrons. The van der Waals surface area contributed by atoms with Gasteiger partial charge in [0.05, 0.1) is 18.7 Å². The van der Waals surface area contributed by atoms with Crippen molar-refractivity contribution in [1.82, 2.24) is 5.32 Å². The van der Waals surface area contributed by atoms with Gasteiger partial charge >= 0.3 is 5.97 Å². The van der Waals surface area contributed by atoms with Crippen molar-refractivity contribution < 1.29 is 14.3 Å². The zero-order valence-electron chi connectivity index (χ0n) is 15.0. The largest absolute Gasteiger partial charge is 0.462 e. The Morgan fingerprint density at radius 1 is 1.20 bits per heavy atom. The molecule has 0 saturated heterocycles. The summed E-state index contributed by atoms with van der Waals surface area (Å²) in [6.07, 6.45) is 0. The SMILES string of the molecule is CCOC(=O)c1c(NC(=O)CN[C@@H](C)c2ccccc2)sc(C)c1C. The first-order valence-electron chi connectivity index (χ1n) is 8.29. The Hall–Kier alpha value is -2.18. The molecule has 1 aromatic carbocycles. The van der Waals surface area contributed by atoms with Crippen molar-refractivity contribution >= 4 is 28.2 Å². The van der Waals surface area contributed by atoms with E-state index in [-0.39, 0.29) is 18.5 Å². The van der Waals surface area contributed by atoms with Crippen LogP contribution in [-0.2, 0) is 9.53 Å². The van der Waals surface area contributed by atoms with Crippen LogP contribution >= 0.6 is 11.3 Å². The second-order valence-electron chi connectivity index (χ2n) is 5.77. The lowest BCUT2D eigenvalue weighted by Crippen LogP contribution is -2.30. The molecule has 0 unspecified atom stereocenters. The molecule has 25 heavy (non-hydrogen) atoms. The summed E-state index contributed by atoms with van der Waals surface area (Å²) in [7, 11) is 0. The summed E-state index contributed by atoms with van der Waals surface area (Å²) in [5.74, 6) is -0.583. The predicted molar refractivity (Wildman–Crippen MR) is 101 cm³/mol. The van der Waals surface area contributed by atoms with Gasteiger partial charge in [-0.15, -0.1) is 11.3 Å². The molecule has 1 heterocycles. The van der Waals surface area contributed by atoms with Gasteiger partial charge in [-0.25, -0.2) is 4.79 Å². The van der Waals surface area contributed by atoms with Gasteiger partial charge in [-0.3, -0.25) is 4.79 Å². The minimum Gasteiger partial charge on any atom is -0.462 e. The number of thiophene rings is 1.